The van der Waals surface area contributed by atoms with Crippen LogP contribution >= 0.6 is 38.9 Å². The van der Waals surface area contributed by atoms with Gasteiger partial charge in [-0.1, -0.05) is 11.6 Å². The average molecular weight is 362 g/mol. The van der Waals surface area contributed by atoms with Gasteiger partial charge in [0.1, 0.15) is 12.4 Å². The summed E-state index contributed by atoms with van der Waals surface area (Å²) in [5.74, 6) is 5.46. The highest BCUT2D eigenvalue weighted by molar-refractivity contribution is 9.10. The largest absolute Gasteiger partial charge is 0.487 e. The van der Waals surface area contributed by atoms with Crippen LogP contribution < -0.4 is 16.0 Å². The van der Waals surface area contributed by atoms with Gasteiger partial charge >= 0.3 is 0 Å². The smallest absolute Gasteiger partial charge is 0.275 e. The number of nitrogen functional groups attached to an aromatic ring is 1. The van der Waals surface area contributed by atoms with Crippen LogP contribution in [0, 0.1) is 0 Å². The molecule has 0 fully saturated rings. The van der Waals surface area contributed by atoms with Crippen LogP contribution in [0.4, 0.5) is 0 Å². The number of hydrogen-bond acceptors (Lipinski definition) is 4. The van der Waals surface area contributed by atoms with Crippen molar-refractivity contribution in [2.45, 2.75) is 6.61 Å². The van der Waals surface area contributed by atoms with Crippen LogP contribution in [0.15, 0.2) is 34.8 Å². The summed E-state index contributed by atoms with van der Waals surface area (Å²) in [5.41, 5.74) is 2.09. The van der Waals surface area contributed by atoms with Crippen molar-refractivity contribution in [3.63, 3.8) is 0 Å². The lowest BCUT2D eigenvalue weighted by molar-refractivity contribution is 0.0957. The lowest BCUT2D eigenvalue weighted by atomic mass is 10.3. The number of amides is 1. The Morgan fingerprint density at radius 3 is 2.89 bits per heavy atom. The average Bonchev–Trinajstić information content (AvgIpc) is 2.85. The number of ether oxygens (including phenoxy) is 1. The molecule has 0 bridgehead atoms. The fraction of sp³-hybridized carbons (Fsp3) is 0.0833. The molecule has 1 aromatic heterocycles. The lowest BCUT2D eigenvalue weighted by Gasteiger charge is -2.06. The fourth-order valence-electron chi connectivity index (χ4n) is 1.39. The summed E-state index contributed by atoms with van der Waals surface area (Å²) < 4.78 is 6.43. The van der Waals surface area contributed by atoms with Gasteiger partial charge in [0.15, 0.2) is 0 Å². The molecule has 0 atom stereocenters. The third-order valence-electron chi connectivity index (χ3n) is 2.28. The number of hydrazine groups is 1. The summed E-state index contributed by atoms with van der Waals surface area (Å²) in [6.45, 7) is 0.378. The van der Waals surface area contributed by atoms with Gasteiger partial charge in [0.25, 0.3) is 5.91 Å². The monoisotopic (exact) mass is 360 g/mol. The summed E-state index contributed by atoms with van der Waals surface area (Å²) >= 11 is 10.6. The highest BCUT2D eigenvalue weighted by Gasteiger charge is 2.08. The first-order valence-corrected chi connectivity index (χ1v) is 7.26. The number of carbonyl (C=O) groups is 1. The number of carbonyl (C=O) groups excluding carboxylic acids is 1. The molecule has 0 spiro atoms. The number of hydrogen-bond donors (Lipinski definition) is 2. The molecule has 100 valence electrons. The maximum Gasteiger partial charge on any atom is 0.275 e. The van der Waals surface area contributed by atoms with Gasteiger partial charge < -0.3 is 4.74 Å². The van der Waals surface area contributed by atoms with Gasteiger partial charge in [0, 0.05) is 9.90 Å². The van der Waals surface area contributed by atoms with Gasteiger partial charge in [-0.15, -0.1) is 11.3 Å². The van der Waals surface area contributed by atoms with E-state index in [-0.39, 0.29) is 5.91 Å². The standard InChI is InChI=1S/C12H10BrClN2O2S/c13-9-5-7(14)1-3-10(9)18-6-8-2-4-11(19-8)12(17)16-15/h1-5H,6,15H2,(H,16,17). The maximum atomic E-state index is 11.3. The van der Waals surface area contributed by atoms with Gasteiger partial charge in [-0.25, -0.2) is 5.84 Å². The highest BCUT2D eigenvalue weighted by atomic mass is 79.9. The Hall–Kier alpha value is -1.08. The minimum atomic E-state index is -0.302. The van der Waals surface area contributed by atoms with E-state index in [2.05, 4.69) is 21.4 Å². The summed E-state index contributed by atoms with van der Waals surface area (Å²) in [6.07, 6.45) is 0. The molecular formula is C12H10BrClN2O2S. The normalized spacial score (nSPS) is 10.3. The third-order valence-corrected chi connectivity index (χ3v) is 4.19. The van der Waals surface area contributed by atoms with E-state index in [0.29, 0.717) is 22.3 Å². The topological polar surface area (TPSA) is 64.3 Å². The van der Waals surface area contributed by atoms with Crippen LogP contribution in [0.25, 0.3) is 0 Å². The van der Waals surface area contributed by atoms with Crippen LogP contribution in [-0.4, -0.2) is 5.91 Å². The van der Waals surface area contributed by atoms with Crippen molar-refractivity contribution in [3.05, 3.63) is 49.6 Å². The molecular weight excluding hydrogens is 352 g/mol. The van der Waals surface area contributed by atoms with Gasteiger partial charge in [0.2, 0.25) is 0 Å². The number of nitrogens with one attached hydrogen (secondary N) is 1. The van der Waals surface area contributed by atoms with Crippen LogP contribution in [0.3, 0.4) is 0 Å². The lowest BCUT2D eigenvalue weighted by Crippen LogP contribution is -2.29. The fourth-order valence-corrected chi connectivity index (χ4v) is 3.01. The van der Waals surface area contributed by atoms with Crippen LogP contribution in [-0.2, 0) is 6.61 Å². The van der Waals surface area contributed by atoms with Crippen LogP contribution in [0.5, 0.6) is 5.75 Å². The first-order chi connectivity index (χ1) is 9.10. The number of benzene rings is 1. The van der Waals surface area contributed by atoms with Gasteiger partial charge in [-0.05, 0) is 46.3 Å². The zero-order chi connectivity index (χ0) is 13.8. The molecule has 1 heterocycles. The minimum Gasteiger partial charge on any atom is -0.487 e. The van der Waals surface area contributed by atoms with E-state index in [4.69, 9.17) is 22.2 Å². The van der Waals surface area contributed by atoms with Crippen molar-refractivity contribution in [2.75, 3.05) is 0 Å². The van der Waals surface area contributed by atoms with E-state index in [1.807, 2.05) is 6.07 Å². The molecule has 0 saturated heterocycles. The third kappa shape index (κ3) is 3.70. The quantitative estimate of drug-likeness (QED) is 0.499. The SMILES string of the molecule is NNC(=O)c1ccc(COc2ccc(Cl)cc2Br)s1. The van der Waals surface area contributed by atoms with Gasteiger partial charge in [-0.3, -0.25) is 10.2 Å². The number of halogens is 2. The van der Waals surface area contributed by atoms with Crippen molar-refractivity contribution in [3.8, 4) is 5.75 Å². The first kappa shape index (κ1) is 14.3. The molecule has 2 aromatic rings. The molecule has 0 aliphatic carbocycles. The van der Waals surface area contributed by atoms with E-state index < -0.39 is 0 Å². The van der Waals surface area contributed by atoms with Crippen molar-refractivity contribution >= 4 is 44.8 Å². The molecule has 0 radical (unpaired) electrons. The Balaban J connectivity index is 2.02. The zero-order valence-corrected chi connectivity index (χ0v) is 12.8. The molecule has 1 aromatic carbocycles. The Morgan fingerprint density at radius 1 is 1.42 bits per heavy atom. The Labute approximate surface area is 127 Å². The first-order valence-electron chi connectivity index (χ1n) is 5.27. The van der Waals surface area contributed by atoms with Crippen molar-refractivity contribution < 1.29 is 9.53 Å². The Morgan fingerprint density at radius 2 is 2.21 bits per heavy atom. The summed E-state index contributed by atoms with van der Waals surface area (Å²) in [4.78, 5) is 12.8. The van der Waals surface area contributed by atoms with Gasteiger partial charge in [0.05, 0.1) is 9.35 Å². The second-order valence-electron chi connectivity index (χ2n) is 3.60. The predicted molar refractivity (Wildman–Crippen MR) is 79.5 cm³/mol. The van der Waals surface area contributed by atoms with Crippen molar-refractivity contribution in [1.29, 1.82) is 0 Å². The number of thiophene rings is 1. The van der Waals surface area contributed by atoms with Crippen LogP contribution in [0.1, 0.15) is 14.5 Å². The van der Waals surface area contributed by atoms with Gasteiger partial charge in [-0.2, -0.15) is 0 Å². The molecule has 0 aliphatic heterocycles. The molecule has 3 N–H and O–H groups in total. The molecule has 7 heteroatoms. The Bertz CT molecular complexity index is 603. The zero-order valence-electron chi connectivity index (χ0n) is 9.65. The number of rotatable bonds is 4. The number of nitrogens with two attached hydrogens (primary N) is 1. The molecule has 0 unspecified atom stereocenters. The summed E-state index contributed by atoms with van der Waals surface area (Å²) in [6, 6.07) is 8.84. The van der Waals surface area contributed by atoms with E-state index in [0.717, 1.165) is 9.35 Å². The predicted octanol–water partition coefficient (Wildman–Crippen LogP) is 3.35. The van der Waals surface area contributed by atoms with E-state index in [1.54, 1.807) is 24.3 Å². The van der Waals surface area contributed by atoms with Crippen molar-refractivity contribution in [1.82, 2.24) is 5.43 Å². The van der Waals surface area contributed by atoms with E-state index >= 15 is 0 Å². The molecule has 4 nitrogen and oxygen atoms in total. The molecule has 0 aliphatic rings. The van der Waals surface area contributed by atoms with E-state index in [1.165, 1.54) is 11.3 Å². The van der Waals surface area contributed by atoms with Crippen molar-refractivity contribution in [2.24, 2.45) is 5.84 Å². The van der Waals surface area contributed by atoms with Crippen LogP contribution in [0.2, 0.25) is 5.02 Å². The van der Waals surface area contributed by atoms with E-state index in [9.17, 15) is 4.79 Å². The maximum absolute atomic E-state index is 11.3. The molecule has 2 rings (SSSR count). The Kier molecular flexibility index (Phi) is 4.81. The highest BCUT2D eigenvalue weighted by Crippen LogP contribution is 2.29. The summed E-state index contributed by atoms with van der Waals surface area (Å²) in [7, 11) is 0. The molecule has 0 saturated carbocycles. The second kappa shape index (κ2) is 6.38. The molecule has 19 heavy (non-hydrogen) atoms. The minimum absolute atomic E-state index is 0.302. The second-order valence-corrected chi connectivity index (χ2v) is 6.06. The molecule has 1 amide bonds. The summed E-state index contributed by atoms with van der Waals surface area (Å²) in [5, 5.41) is 0.636.